The van der Waals surface area contributed by atoms with Crippen molar-refractivity contribution in [2.24, 2.45) is 0 Å². The van der Waals surface area contributed by atoms with Gasteiger partial charge in [0.15, 0.2) is 0 Å². The lowest BCUT2D eigenvalue weighted by molar-refractivity contribution is 1.09. The van der Waals surface area contributed by atoms with E-state index in [-0.39, 0.29) is 0 Å². The summed E-state index contributed by atoms with van der Waals surface area (Å²) >= 11 is 5.68. The summed E-state index contributed by atoms with van der Waals surface area (Å²) in [5, 5.41) is 6.93. The Morgan fingerprint density at radius 1 is 1.33 bits per heavy atom. The van der Waals surface area contributed by atoms with Gasteiger partial charge < -0.3 is 0 Å². The van der Waals surface area contributed by atoms with E-state index in [1.54, 1.807) is 18.5 Å². The molecule has 0 aliphatic heterocycles. The second-order valence-corrected chi connectivity index (χ2v) is 2.60. The van der Waals surface area contributed by atoms with Gasteiger partial charge in [-0.05, 0) is 0 Å². The van der Waals surface area contributed by atoms with Gasteiger partial charge in [-0.1, -0.05) is 11.6 Å². The zero-order chi connectivity index (χ0) is 8.39. The first kappa shape index (κ1) is 7.24. The highest BCUT2D eigenvalue weighted by Crippen LogP contribution is 2.16. The average Bonchev–Trinajstić information content (AvgIpc) is 2.56. The summed E-state index contributed by atoms with van der Waals surface area (Å²) < 4.78 is 0. The Hall–Kier alpha value is -1.42. The zero-order valence-electron chi connectivity index (χ0n) is 6.03. The highest BCUT2D eigenvalue weighted by molar-refractivity contribution is 6.29. The van der Waals surface area contributed by atoms with Gasteiger partial charge in [0.2, 0.25) is 0 Å². The first-order chi connectivity index (χ1) is 5.86. The van der Waals surface area contributed by atoms with E-state index in [9.17, 15) is 0 Å². The summed E-state index contributed by atoms with van der Waals surface area (Å²) in [5.74, 6) is 0. The predicted octanol–water partition coefficient (Wildman–Crippen LogP) is 1.52. The molecule has 0 aromatic carbocycles. The molecule has 0 radical (unpaired) electrons. The minimum atomic E-state index is 0.432. The van der Waals surface area contributed by atoms with Gasteiger partial charge in [0, 0.05) is 17.8 Å². The lowest BCUT2D eigenvalue weighted by atomic mass is 10.2. The molecule has 0 unspecified atom stereocenters. The van der Waals surface area contributed by atoms with E-state index < -0.39 is 0 Å². The lowest BCUT2D eigenvalue weighted by Crippen LogP contribution is -1.82. The number of rotatable bonds is 1. The molecule has 2 aromatic heterocycles. The van der Waals surface area contributed by atoms with Crippen molar-refractivity contribution in [2.75, 3.05) is 0 Å². The van der Waals surface area contributed by atoms with E-state index in [0.717, 1.165) is 11.3 Å². The number of hydrogen-bond acceptors (Lipinski definition) is 3. The van der Waals surface area contributed by atoms with Crippen molar-refractivity contribution < 1.29 is 0 Å². The van der Waals surface area contributed by atoms with Gasteiger partial charge >= 0.3 is 0 Å². The number of nitrogens with zero attached hydrogens (tertiary/aromatic N) is 3. The molecule has 0 bridgehead atoms. The van der Waals surface area contributed by atoms with E-state index in [4.69, 9.17) is 11.6 Å². The summed E-state index contributed by atoms with van der Waals surface area (Å²) in [6.45, 7) is 0. The summed E-state index contributed by atoms with van der Waals surface area (Å²) in [7, 11) is 0. The molecule has 4 nitrogen and oxygen atoms in total. The molecule has 0 amide bonds. The molecule has 2 heterocycles. The highest BCUT2D eigenvalue weighted by atomic mass is 35.5. The van der Waals surface area contributed by atoms with Gasteiger partial charge in [-0.25, -0.2) is 9.97 Å². The van der Waals surface area contributed by atoms with Crippen LogP contribution in [0.5, 0.6) is 0 Å². The number of halogens is 1. The maximum absolute atomic E-state index is 5.68. The Kier molecular flexibility index (Phi) is 1.75. The van der Waals surface area contributed by atoms with E-state index in [1.807, 2.05) is 0 Å². The normalized spacial score (nSPS) is 10.1. The summed E-state index contributed by atoms with van der Waals surface area (Å²) in [5.41, 5.74) is 1.67. The monoisotopic (exact) mass is 180 g/mol. The van der Waals surface area contributed by atoms with Crippen LogP contribution in [-0.4, -0.2) is 20.2 Å². The van der Waals surface area contributed by atoms with Crippen molar-refractivity contribution in [3.63, 3.8) is 0 Å². The Labute approximate surface area is 73.6 Å². The van der Waals surface area contributed by atoms with Crippen LogP contribution in [-0.2, 0) is 0 Å². The lowest BCUT2D eigenvalue weighted by Gasteiger charge is -1.93. The summed E-state index contributed by atoms with van der Waals surface area (Å²) in [6.07, 6.45) is 4.85. The largest absolute Gasteiger partial charge is 0.285 e. The molecule has 0 aliphatic carbocycles. The van der Waals surface area contributed by atoms with Gasteiger partial charge in [-0.15, -0.1) is 0 Å². The Morgan fingerprint density at radius 2 is 2.25 bits per heavy atom. The standard InChI is InChI=1S/C7H5ClN4/c8-7-1-6(9-4-10-7)5-2-11-12-3-5/h1-4H,(H,11,12). The molecular weight excluding hydrogens is 176 g/mol. The highest BCUT2D eigenvalue weighted by Gasteiger charge is 2.00. The van der Waals surface area contributed by atoms with Crippen molar-refractivity contribution in [1.82, 2.24) is 20.2 Å². The number of aromatic nitrogens is 4. The fraction of sp³-hybridized carbons (Fsp3) is 0. The topological polar surface area (TPSA) is 54.5 Å². The van der Waals surface area contributed by atoms with Crippen LogP contribution in [0.1, 0.15) is 0 Å². The van der Waals surface area contributed by atoms with Crippen molar-refractivity contribution in [2.45, 2.75) is 0 Å². The van der Waals surface area contributed by atoms with E-state index >= 15 is 0 Å². The van der Waals surface area contributed by atoms with Gasteiger partial charge in [0.1, 0.15) is 11.5 Å². The van der Waals surface area contributed by atoms with Gasteiger partial charge in [0.05, 0.1) is 11.9 Å². The third-order valence-electron chi connectivity index (χ3n) is 1.43. The van der Waals surface area contributed by atoms with Crippen LogP contribution < -0.4 is 0 Å². The van der Waals surface area contributed by atoms with Crippen LogP contribution >= 0.6 is 11.6 Å². The minimum Gasteiger partial charge on any atom is -0.285 e. The van der Waals surface area contributed by atoms with Crippen LogP contribution in [0.15, 0.2) is 24.8 Å². The number of hydrogen-bond donors (Lipinski definition) is 1. The van der Waals surface area contributed by atoms with Crippen molar-refractivity contribution >= 4 is 11.6 Å². The maximum atomic E-state index is 5.68. The van der Waals surface area contributed by atoms with Crippen LogP contribution in [0.3, 0.4) is 0 Å². The SMILES string of the molecule is Clc1cc(-c2cn[nH]c2)ncn1. The molecule has 0 fully saturated rings. The molecule has 0 saturated heterocycles. The van der Waals surface area contributed by atoms with Crippen LogP contribution in [0.2, 0.25) is 5.15 Å². The molecule has 2 rings (SSSR count). The quantitative estimate of drug-likeness (QED) is 0.677. The third-order valence-corrected chi connectivity index (χ3v) is 1.63. The van der Waals surface area contributed by atoms with E-state index in [2.05, 4.69) is 20.2 Å². The molecule has 0 saturated carbocycles. The average molecular weight is 181 g/mol. The zero-order valence-corrected chi connectivity index (χ0v) is 6.78. The molecular formula is C7H5ClN4. The summed E-state index contributed by atoms with van der Waals surface area (Å²) in [6, 6.07) is 1.69. The maximum Gasteiger partial charge on any atom is 0.133 e. The Balaban J connectivity index is 2.48. The van der Waals surface area contributed by atoms with E-state index in [0.29, 0.717) is 5.15 Å². The van der Waals surface area contributed by atoms with Crippen molar-refractivity contribution in [3.8, 4) is 11.3 Å². The van der Waals surface area contributed by atoms with Gasteiger partial charge in [-0.2, -0.15) is 5.10 Å². The minimum absolute atomic E-state index is 0.432. The first-order valence-electron chi connectivity index (χ1n) is 3.33. The fourth-order valence-corrected chi connectivity index (χ4v) is 1.03. The fourth-order valence-electron chi connectivity index (χ4n) is 0.882. The second kappa shape index (κ2) is 2.91. The molecule has 0 aliphatic rings. The second-order valence-electron chi connectivity index (χ2n) is 2.21. The first-order valence-corrected chi connectivity index (χ1v) is 3.71. The Bertz CT molecular complexity index is 371. The Morgan fingerprint density at radius 3 is 2.92 bits per heavy atom. The van der Waals surface area contributed by atoms with Crippen LogP contribution in [0, 0.1) is 0 Å². The van der Waals surface area contributed by atoms with Crippen LogP contribution in [0.4, 0.5) is 0 Å². The predicted molar refractivity (Wildman–Crippen MR) is 44.6 cm³/mol. The van der Waals surface area contributed by atoms with Crippen molar-refractivity contribution in [3.05, 3.63) is 29.9 Å². The molecule has 0 spiro atoms. The molecule has 1 N–H and O–H groups in total. The van der Waals surface area contributed by atoms with Crippen LogP contribution in [0.25, 0.3) is 11.3 Å². The smallest absolute Gasteiger partial charge is 0.133 e. The van der Waals surface area contributed by atoms with Gasteiger partial charge in [0.25, 0.3) is 0 Å². The van der Waals surface area contributed by atoms with Gasteiger partial charge in [-0.3, -0.25) is 5.10 Å². The molecule has 2 aromatic rings. The summed E-state index contributed by atoms with van der Waals surface area (Å²) in [4.78, 5) is 7.80. The molecule has 0 atom stereocenters. The molecule has 12 heavy (non-hydrogen) atoms. The number of nitrogens with one attached hydrogen (secondary N) is 1. The third kappa shape index (κ3) is 1.29. The van der Waals surface area contributed by atoms with Crippen molar-refractivity contribution in [1.29, 1.82) is 0 Å². The number of H-pyrrole nitrogens is 1. The molecule has 5 heteroatoms. The molecule has 60 valence electrons. The van der Waals surface area contributed by atoms with E-state index in [1.165, 1.54) is 6.33 Å². The number of aromatic amines is 1.